The van der Waals surface area contributed by atoms with Crippen molar-refractivity contribution < 1.29 is 0 Å². The molecule has 0 aromatic heterocycles. The molecule has 2 fully saturated rings. The normalized spacial score (nSPS) is 27.4. The minimum absolute atomic E-state index is 0.0299. The summed E-state index contributed by atoms with van der Waals surface area (Å²) in [7, 11) is 4.33. The average molecular weight is 460 g/mol. The Labute approximate surface area is 203 Å². The summed E-state index contributed by atoms with van der Waals surface area (Å²) in [5.74, 6) is 0. The molecule has 2 heterocycles. The topological polar surface area (TPSA) is 70.7 Å². The summed E-state index contributed by atoms with van der Waals surface area (Å²) in [5, 5.41) is 20.7. The van der Waals surface area contributed by atoms with Gasteiger partial charge in [-0.1, -0.05) is 0 Å². The number of rotatable bonds is 8. The summed E-state index contributed by atoms with van der Waals surface area (Å²) in [6, 6.07) is 2.61. The minimum atomic E-state index is -0.518. The Morgan fingerprint density at radius 3 is 1.52 bits per heavy atom. The second-order valence-electron chi connectivity index (χ2n) is 13.0. The lowest BCUT2D eigenvalue weighted by atomic mass is 9.70. The van der Waals surface area contributed by atoms with Gasteiger partial charge in [-0.2, -0.15) is 5.26 Å². The van der Waals surface area contributed by atoms with Gasteiger partial charge in [0.05, 0.1) is 18.9 Å². The van der Waals surface area contributed by atoms with Crippen LogP contribution < -0.4 is 16.0 Å². The maximum absolute atomic E-state index is 10.0. The summed E-state index contributed by atoms with van der Waals surface area (Å²) in [4.78, 5) is 8.90. The Kier molecular flexibility index (Phi) is 8.01. The maximum atomic E-state index is 10.0. The van der Waals surface area contributed by atoms with Crippen molar-refractivity contribution in [3.8, 4) is 6.07 Å². The predicted molar refractivity (Wildman–Crippen MR) is 137 cm³/mol. The van der Waals surface area contributed by atoms with Gasteiger partial charge >= 0.3 is 0 Å². The molecule has 0 spiro atoms. The van der Waals surface area contributed by atoms with Gasteiger partial charge in [0.2, 0.25) is 0 Å². The van der Waals surface area contributed by atoms with Crippen LogP contribution in [0.15, 0.2) is 0 Å². The van der Waals surface area contributed by atoms with E-state index in [2.05, 4.69) is 106 Å². The smallest absolute Gasteiger partial charge is 0.289 e. The molecule has 2 rings (SSSR count). The molecule has 188 valence electrons. The molecule has 7 nitrogen and oxygen atoms in total. The summed E-state index contributed by atoms with van der Waals surface area (Å²) in [6.45, 7) is 28.9. The highest BCUT2D eigenvalue weighted by molar-refractivity contribution is 5.18. The van der Waals surface area contributed by atoms with Crippen LogP contribution in [0.4, 0.5) is 0 Å². The summed E-state index contributed by atoms with van der Waals surface area (Å²) >= 11 is 0. The highest BCUT2D eigenvalue weighted by Gasteiger charge is 2.55. The number of likely N-dealkylation sites (tertiary alicyclic amines) is 2. The van der Waals surface area contributed by atoms with Crippen molar-refractivity contribution in [3.05, 3.63) is 11.4 Å². The number of hydrogen-bond donors (Lipinski definition) is 3. The molecule has 0 aromatic rings. The Morgan fingerprint density at radius 1 is 0.727 bits per heavy atom. The Balaban J connectivity index is 1.83. The molecule has 2 aliphatic rings. The van der Waals surface area contributed by atoms with Crippen molar-refractivity contribution >= 4 is 0 Å². The van der Waals surface area contributed by atoms with E-state index in [-0.39, 0.29) is 22.2 Å². The third-order valence-electron chi connectivity index (χ3n) is 8.50. The lowest BCUT2D eigenvalue weighted by Crippen LogP contribution is -2.67. The van der Waals surface area contributed by atoms with Crippen molar-refractivity contribution in [2.24, 2.45) is 0 Å². The number of piperidine rings is 2. The second-order valence-corrected chi connectivity index (χ2v) is 13.0. The van der Waals surface area contributed by atoms with Crippen LogP contribution in [0, 0.1) is 17.9 Å². The molecule has 0 unspecified atom stereocenters. The molecule has 0 aliphatic carbocycles. The molecule has 0 bridgehead atoms. The van der Waals surface area contributed by atoms with Crippen molar-refractivity contribution in [2.75, 3.05) is 40.3 Å². The molecule has 0 aromatic carbocycles. The van der Waals surface area contributed by atoms with Crippen LogP contribution in [0.3, 0.4) is 0 Å². The lowest BCUT2D eigenvalue weighted by molar-refractivity contribution is -0.0380. The van der Waals surface area contributed by atoms with Crippen LogP contribution in [0.5, 0.6) is 0 Å². The van der Waals surface area contributed by atoms with E-state index in [0.29, 0.717) is 0 Å². The minimum Gasteiger partial charge on any atom is -0.314 e. The van der Waals surface area contributed by atoms with E-state index in [4.69, 9.17) is 6.57 Å². The van der Waals surface area contributed by atoms with E-state index in [9.17, 15) is 5.26 Å². The molecular weight excluding hydrogens is 410 g/mol. The van der Waals surface area contributed by atoms with E-state index in [0.717, 1.165) is 51.9 Å². The van der Waals surface area contributed by atoms with Gasteiger partial charge < -0.3 is 5.32 Å². The summed E-state index contributed by atoms with van der Waals surface area (Å²) in [6.07, 6.45) is 3.25. The van der Waals surface area contributed by atoms with Crippen LogP contribution in [0.2, 0.25) is 0 Å². The van der Waals surface area contributed by atoms with Crippen LogP contribution in [0.1, 0.15) is 81.1 Å². The van der Waals surface area contributed by atoms with E-state index in [1.165, 1.54) is 0 Å². The van der Waals surface area contributed by atoms with Crippen molar-refractivity contribution in [1.29, 1.82) is 5.26 Å². The van der Waals surface area contributed by atoms with Crippen molar-refractivity contribution in [1.82, 2.24) is 25.8 Å². The second kappa shape index (κ2) is 9.44. The van der Waals surface area contributed by atoms with Gasteiger partial charge in [0.25, 0.3) is 5.66 Å². The zero-order chi connectivity index (χ0) is 25.3. The molecule has 7 heteroatoms. The molecule has 0 saturated carbocycles. The van der Waals surface area contributed by atoms with Gasteiger partial charge in [-0.3, -0.25) is 20.0 Å². The van der Waals surface area contributed by atoms with E-state index in [1.807, 2.05) is 0 Å². The van der Waals surface area contributed by atoms with Gasteiger partial charge in [0.1, 0.15) is 5.54 Å². The fourth-order valence-electron chi connectivity index (χ4n) is 6.53. The molecule has 33 heavy (non-hydrogen) atoms. The van der Waals surface area contributed by atoms with Crippen LogP contribution >= 0.6 is 0 Å². The molecule has 3 N–H and O–H groups in total. The van der Waals surface area contributed by atoms with Gasteiger partial charge in [-0.05, 0) is 82.3 Å². The summed E-state index contributed by atoms with van der Waals surface area (Å²) < 4.78 is 0. The first-order valence-electron chi connectivity index (χ1n) is 12.5. The first-order chi connectivity index (χ1) is 15.0. The molecular formula is C26H49N7. The first-order valence-corrected chi connectivity index (χ1v) is 12.5. The fraction of sp³-hybridized carbons (Fsp3) is 0.923. The maximum Gasteiger partial charge on any atom is 0.289 e. The summed E-state index contributed by atoms with van der Waals surface area (Å²) in [5.41, 5.74) is -1.15. The Bertz CT molecular complexity index is 668. The van der Waals surface area contributed by atoms with Crippen LogP contribution in [-0.2, 0) is 0 Å². The third-order valence-corrected chi connectivity index (χ3v) is 8.50. The van der Waals surface area contributed by atoms with Crippen LogP contribution in [0.25, 0.3) is 4.85 Å². The highest BCUT2D eigenvalue weighted by Crippen LogP contribution is 2.43. The number of nitriles is 1. The van der Waals surface area contributed by atoms with Gasteiger partial charge in [-0.15, -0.1) is 0 Å². The monoisotopic (exact) mass is 459 g/mol. The molecule has 0 atom stereocenters. The Morgan fingerprint density at radius 2 is 1.12 bits per heavy atom. The van der Waals surface area contributed by atoms with E-state index >= 15 is 0 Å². The van der Waals surface area contributed by atoms with Crippen molar-refractivity contribution in [3.63, 3.8) is 0 Å². The lowest BCUT2D eigenvalue weighted by Gasteiger charge is -2.56. The van der Waals surface area contributed by atoms with Gasteiger partial charge in [0, 0.05) is 48.3 Å². The molecule has 0 radical (unpaired) electrons. The molecule has 0 amide bonds. The molecule has 2 aliphatic heterocycles. The predicted octanol–water partition coefficient (Wildman–Crippen LogP) is 3.20. The SMILES string of the molecule is [C-]#[N+]C1(NCCNCCNC2(C#N)CC(C)(C)N(C)C(C)(C)C2)CC(C)(C)N(C)C(C)(C)C1. The average Bonchev–Trinajstić information content (AvgIpc) is 2.68. The first kappa shape index (κ1) is 28.0. The van der Waals surface area contributed by atoms with E-state index < -0.39 is 11.2 Å². The highest BCUT2D eigenvalue weighted by atomic mass is 15.3. The fourth-order valence-corrected chi connectivity index (χ4v) is 6.53. The van der Waals surface area contributed by atoms with Gasteiger partial charge in [0.15, 0.2) is 0 Å². The van der Waals surface area contributed by atoms with Gasteiger partial charge in [-0.25, -0.2) is 11.9 Å². The van der Waals surface area contributed by atoms with Crippen molar-refractivity contribution in [2.45, 2.75) is 114 Å². The molecule has 2 saturated heterocycles. The number of hydrogen-bond acceptors (Lipinski definition) is 6. The quantitative estimate of drug-likeness (QED) is 0.383. The standard InChI is InChI=1S/C26H49N7/c1-21(2)16-25(20-27,17-22(3,4)32(21)10)30-14-12-29-13-15-31-26(28-9)18-23(5,6)33(11)24(7,8)19-26/h29-31H,12-19H2,1-8,10-11H3. The third kappa shape index (κ3) is 6.08. The van der Waals surface area contributed by atoms with Crippen LogP contribution in [-0.4, -0.2) is 83.4 Å². The number of nitrogens with one attached hydrogen (secondary N) is 3. The zero-order valence-electron chi connectivity index (χ0n) is 22.9. The largest absolute Gasteiger partial charge is 0.314 e. The number of nitrogens with zero attached hydrogens (tertiary/aromatic N) is 4. The Hall–Kier alpha value is -1.22. The zero-order valence-corrected chi connectivity index (χ0v) is 22.9. The van der Waals surface area contributed by atoms with E-state index in [1.54, 1.807) is 0 Å².